The van der Waals surface area contributed by atoms with Crippen LogP contribution in [0.4, 0.5) is 8.78 Å². The summed E-state index contributed by atoms with van der Waals surface area (Å²) in [6.07, 6.45) is 9.13. The van der Waals surface area contributed by atoms with Crippen LogP contribution in [0.2, 0.25) is 0 Å². The number of fused-ring (bicyclic) bond motifs is 2. The Balaban J connectivity index is 0.000000150. The van der Waals surface area contributed by atoms with Crippen LogP contribution in [0.3, 0.4) is 0 Å². The Bertz CT molecular complexity index is 2800. The highest BCUT2D eigenvalue weighted by Crippen LogP contribution is 2.30. The minimum absolute atomic E-state index is 0.0842. The first-order valence-electron chi connectivity index (χ1n) is 18.1. The molecule has 10 heterocycles. The van der Waals surface area contributed by atoms with Gasteiger partial charge in [-0.25, -0.2) is 28.4 Å². The lowest BCUT2D eigenvalue weighted by molar-refractivity contribution is 0.0594. The molecule has 0 radical (unpaired) electrons. The van der Waals surface area contributed by atoms with Gasteiger partial charge in [-0.2, -0.15) is 19.0 Å². The summed E-state index contributed by atoms with van der Waals surface area (Å²) in [5.41, 5.74) is 3.93. The van der Waals surface area contributed by atoms with Gasteiger partial charge in [-0.05, 0) is 73.5 Å². The summed E-state index contributed by atoms with van der Waals surface area (Å²) in [4.78, 5) is 65.9. The molecule has 0 spiro atoms. The lowest BCUT2D eigenvalue weighted by atomic mass is 9.91. The summed E-state index contributed by atoms with van der Waals surface area (Å²) in [6.45, 7) is 5.48. The summed E-state index contributed by atoms with van der Waals surface area (Å²) in [5.74, 6) is -0.751. The van der Waals surface area contributed by atoms with E-state index in [2.05, 4.69) is 40.3 Å². The summed E-state index contributed by atoms with van der Waals surface area (Å²) >= 11 is 0. The second-order valence-electron chi connectivity index (χ2n) is 14.0. The van der Waals surface area contributed by atoms with Gasteiger partial charge in [0.05, 0.1) is 34.9 Å². The van der Waals surface area contributed by atoms with Crippen molar-refractivity contribution in [2.75, 3.05) is 26.2 Å². The fourth-order valence-corrected chi connectivity index (χ4v) is 7.11. The first-order chi connectivity index (χ1) is 28.0. The van der Waals surface area contributed by atoms with E-state index in [0.717, 1.165) is 11.1 Å². The number of nitrogens with one attached hydrogen (secondary N) is 2. The number of aromatic nitrogens is 12. The van der Waals surface area contributed by atoms with E-state index >= 15 is 0 Å². The smallest absolute Gasteiger partial charge is 0.276 e. The highest BCUT2D eigenvalue weighted by atomic mass is 19.1. The largest absolute Gasteiger partial charge is 0.337 e. The van der Waals surface area contributed by atoms with Crippen LogP contribution in [0, 0.1) is 25.7 Å². The maximum absolute atomic E-state index is 13.3. The summed E-state index contributed by atoms with van der Waals surface area (Å²) < 4.78 is 32.4. The van der Waals surface area contributed by atoms with Crippen LogP contribution in [0.25, 0.3) is 22.9 Å². The van der Waals surface area contributed by atoms with E-state index in [1.165, 1.54) is 55.3 Å². The first-order valence-corrected chi connectivity index (χ1v) is 18.1. The Morgan fingerprint density at radius 2 is 1.07 bits per heavy atom. The molecule has 2 saturated heterocycles. The van der Waals surface area contributed by atoms with Crippen molar-refractivity contribution in [1.29, 1.82) is 0 Å². The van der Waals surface area contributed by atoms with Gasteiger partial charge in [0, 0.05) is 62.8 Å². The van der Waals surface area contributed by atoms with E-state index in [0.29, 0.717) is 59.7 Å². The molecule has 8 aromatic rings. The van der Waals surface area contributed by atoms with E-state index in [1.807, 2.05) is 0 Å². The molecule has 0 aromatic carbocycles. The van der Waals surface area contributed by atoms with Crippen molar-refractivity contribution < 1.29 is 18.4 Å². The number of nitrogens with zero attached hydrogens (tertiary/aromatic N) is 12. The van der Waals surface area contributed by atoms with E-state index in [9.17, 15) is 28.0 Å². The number of hydrogen-bond acceptors (Lipinski definition) is 10. The minimum Gasteiger partial charge on any atom is -0.337 e. The maximum Gasteiger partial charge on any atom is 0.276 e. The number of amides is 2. The van der Waals surface area contributed by atoms with E-state index < -0.39 is 11.9 Å². The van der Waals surface area contributed by atoms with E-state index in [-0.39, 0.29) is 46.7 Å². The fourth-order valence-electron chi connectivity index (χ4n) is 7.11. The van der Waals surface area contributed by atoms with Crippen LogP contribution in [-0.2, 0) is 0 Å². The minimum atomic E-state index is -0.523. The van der Waals surface area contributed by atoms with E-state index in [4.69, 9.17) is 0 Å². The van der Waals surface area contributed by atoms with Gasteiger partial charge < -0.3 is 9.80 Å². The summed E-state index contributed by atoms with van der Waals surface area (Å²) in [6, 6.07) is 13.1. The molecule has 0 unspecified atom stereocenters. The molecule has 20 heteroatoms. The van der Waals surface area contributed by atoms with Crippen LogP contribution < -0.4 is 11.1 Å². The molecule has 2 N–H and O–H groups in total. The number of H-pyrrole nitrogens is 2. The number of halogens is 2. The Morgan fingerprint density at radius 1 is 0.655 bits per heavy atom. The van der Waals surface area contributed by atoms with Crippen LogP contribution >= 0.6 is 0 Å². The second kappa shape index (κ2) is 14.1. The van der Waals surface area contributed by atoms with Gasteiger partial charge in [-0.1, -0.05) is 0 Å². The SMILES string of the molecule is Cc1c(C(=O)N2CC(c3ccnc(F)c3)C2)cnn1-c1nn2cccc2c(=O)[nH]1.Cc1c(C(=O)N2CC(c3ccnc(F)c3)C2)cnn1-c1nn2cccc2c(=O)[nH]1. The number of aromatic amines is 2. The lowest BCUT2D eigenvalue weighted by Gasteiger charge is -2.39. The molecule has 2 amide bonds. The number of rotatable bonds is 6. The molecule has 0 saturated carbocycles. The maximum atomic E-state index is 13.3. The molecular formula is C38H32F2N14O4. The number of likely N-dealkylation sites (tertiary alicyclic amines) is 2. The van der Waals surface area contributed by atoms with Crippen LogP contribution in [0.5, 0.6) is 0 Å². The van der Waals surface area contributed by atoms with Crippen molar-refractivity contribution in [2.45, 2.75) is 25.7 Å². The van der Waals surface area contributed by atoms with Gasteiger partial charge in [0.25, 0.3) is 22.9 Å². The molecule has 0 aliphatic carbocycles. The molecule has 0 bridgehead atoms. The number of pyridine rings is 2. The molecule has 8 aromatic heterocycles. The molecular weight excluding hydrogens is 755 g/mol. The molecule has 0 atom stereocenters. The Labute approximate surface area is 325 Å². The monoisotopic (exact) mass is 786 g/mol. The van der Waals surface area contributed by atoms with E-state index in [1.54, 1.807) is 72.4 Å². The Morgan fingerprint density at radius 3 is 1.47 bits per heavy atom. The predicted molar refractivity (Wildman–Crippen MR) is 201 cm³/mol. The molecule has 2 aliphatic heterocycles. The van der Waals surface area contributed by atoms with Crippen molar-refractivity contribution in [3.05, 3.63) is 152 Å². The third-order valence-corrected chi connectivity index (χ3v) is 10.4. The summed E-state index contributed by atoms with van der Waals surface area (Å²) in [5, 5.41) is 17.1. The average Bonchev–Trinajstić information content (AvgIpc) is 3.98. The molecule has 10 rings (SSSR count). The molecule has 2 aliphatic rings. The van der Waals surface area contributed by atoms with Crippen molar-refractivity contribution in [1.82, 2.24) is 68.5 Å². The second-order valence-corrected chi connectivity index (χ2v) is 14.0. The summed E-state index contributed by atoms with van der Waals surface area (Å²) in [7, 11) is 0. The van der Waals surface area contributed by atoms with Crippen molar-refractivity contribution in [2.24, 2.45) is 0 Å². The average molecular weight is 787 g/mol. The lowest BCUT2D eigenvalue weighted by Crippen LogP contribution is -2.48. The third kappa shape index (κ3) is 6.38. The standard InChI is InChI=1S/2C19H16FN7O2/c2*1-11-14(18(29)25-9-13(10-25)12-4-5-21-16(20)7-12)8-22-27(11)19-23-17(28)15-3-2-6-26(15)24-19/h2*2-8,13H,9-10H2,1H3,(H,23,24,28). The van der Waals surface area contributed by atoms with Crippen LogP contribution in [-0.4, -0.2) is 107 Å². The molecule has 18 nitrogen and oxygen atoms in total. The molecule has 58 heavy (non-hydrogen) atoms. The van der Waals surface area contributed by atoms with Gasteiger partial charge in [0.15, 0.2) is 0 Å². The topological polar surface area (TPSA) is 202 Å². The van der Waals surface area contributed by atoms with Crippen molar-refractivity contribution in [3.8, 4) is 11.9 Å². The number of carbonyl (C=O) groups is 2. The zero-order valence-corrected chi connectivity index (χ0v) is 30.8. The molecule has 292 valence electrons. The predicted octanol–water partition coefficient (Wildman–Crippen LogP) is 2.58. The first kappa shape index (κ1) is 36.0. The van der Waals surface area contributed by atoms with Gasteiger partial charge in [-0.3, -0.25) is 29.1 Å². The number of hydrogen-bond donors (Lipinski definition) is 2. The van der Waals surface area contributed by atoms with Crippen molar-refractivity contribution >= 4 is 22.8 Å². The zero-order chi connectivity index (χ0) is 40.2. The Hall–Kier alpha value is -7.64. The van der Waals surface area contributed by atoms with Gasteiger partial charge >= 0.3 is 0 Å². The third-order valence-electron chi connectivity index (χ3n) is 10.4. The van der Waals surface area contributed by atoms with Gasteiger partial charge in [0.1, 0.15) is 11.0 Å². The van der Waals surface area contributed by atoms with Gasteiger partial charge in [-0.15, -0.1) is 10.2 Å². The van der Waals surface area contributed by atoms with Gasteiger partial charge in [0.2, 0.25) is 23.8 Å². The highest BCUT2D eigenvalue weighted by molar-refractivity contribution is 5.96. The highest BCUT2D eigenvalue weighted by Gasteiger charge is 2.35. The van der Waals surface area contributed by atoms with Crippen LogP contribution in [0.1, 0.15) is 55.1 Å². The quantitative estimate of drug-likeness (QED) is 0.236. The van der Waals surface area contributed by atoms with Crippen molar-refractivity contribution in [3.63, 3.8) is 0 Å². The Kier molecular flexibility index (Phi) is 8.78. The van der Waals surface area contributed by atoms with Crippen LogP contribution in [0.15, 0.2) is 95.3 Å². The number of carbonyl (C=O) groups excluding carboxylic acids is 2. The zero-order valence-electron chi connectivity index (χ0n) is 30.8. The molecule has 2 fully saturated rings. The normalized spacial score (nSPS) is 14.3. The fraction of sp³-hybridized carbons (Fsp3) is 0.211.